The highest BCUT2D eigenvalue weighted by atomic mass is 16.3. The summed E-state index contributed by atoms with van der Waals surface area (Å²) in [6.45, 7) is 6.32. The Bertz CT molecular complexity index is 652. The van der Waals surface area contributed by atoms with Crippen LogP contribution in [0.25, 0.3) is 5.65 Å². The fourth-order valence-electron chi connectivity index (χ4n) is 2.36. The molecule has 2 aromatic rings. The Morgan fingerprint density at radius 1 is 1.33 bits per heavy atom. The monoisotopic (exact) mass is 289 g/mol. The maximum absolute atomic E-state index is 12.2. The van der Waals surface area contributed by atoms with E-state index in [0.717, 1.165) is 30.6 Å². The van der Waals surface area contributed by atoms with Crippen molar-refractivity contribution in [1.82, 2.24) is 14.3 Å². The van der Waals surface area contributed by atoms with Crippen LogP contribution >= 0.6 is 0 Å². The van der Waals surface area contributed by atoms with Gasteiger partial charge in [0.15, 0.2) is 0 Å². The van der Waals surface area contributed by atoms with Gasteiger partial charge in [0.2, 0.25) is 0 Å². The van der Waals surface area contributed by atoms with Crippen LogP contribution < -0.4 is 5.56 Å². The van der Waals surface area contributed by atoms with Crippen molar-refractivity contribution in [1.29, 1.82) is 0 Å². The number of aryl methyl sites for hydroxylation is 1. The third-order valence-electron chi connectivity index (χ3n) is 3.49. The first-order valence-electron chi connectivity index (χ1n) is 7.46. The predicted octanol–water partition coefficient (Wildman–Crippen LogP) is 1.60. The molecular weight excluding hydrogens is 266 g/mol. The second-order valence-electron chi connectivity index (χ2n) is 5.37. The number of hydrogen-bond acceptors (Lipinski definition) is 4. The number of nitrogens with zero attached hydrogens (tertiary/aromatic N) is 3. The molecular formula is C16H23N3O2. The number of pyridine rings is 1. The smallest absolute Gasteiger partial charge is 0.258 e. The molecule has 0 fully saturated rings. The first-order chi connectivity index (χ1) is 10.1. The van der Waals surface area contributed by atoms with E-state index in [2.05, 4.69) is 16.8 Å². The molecule has 2 rings (SSSR count). The molecule has 5 heteroatoms. The van der Waals surface area contributed by atoms with Crippen LogP contribution in [0.15, 0.2) is 29.2 Å². The molecule has 0 aliphatic carbocycles. The average Bonchev–Trinajstić information content (AvgIpc) is 2.46. The van der Waals surface area contributed by atoms with Crippen molar-refractivity contribution in [3.8, 4) is 0 Å². The summed E-state index contributed by atoms with van der Waals surface area (Å²) in [5, 5.41) is 9.14. The molecule has 0 aliphatic heterocycles. The number of aliphatic hydroxyl groups is 1. The minimum atomic E-state index is -0.0573. The minimum Gasteiger partial charge on any atom is -0.395 e. The third-order valence-corrected chi connectivity index (χ3v) is 3.49. The van der Waals surface area contributed by atoms with Crippen LogP contribution in [0, 0.1) is 6.92 Å². The first-order valence-corrected chi connectivity index (χ1v) is 7.46. The average molecular weight is 289 g/mol. The van der Waals surface area contributed by atoms with Gasteiger partial charge in [0.25, 0.3) is 5.56 Å². The lowest BCUT2D eigenvalue weighted by molar-refractivity contribution is 0.187. The van der Waals surface area contributed by atoms with E-state index in [9.17, 15) is 4.79 Å². The van der Waals surface area contributed by atoms with Crippen molar-refractivity contribution in [3.05, 3.63) is 46.0 Å². The Kier molecular flexibility index (Phi) is 5.47. The molecule has 0 aliphatic rings. The Labute approximate surface area is 124 Å². The molecule has 5 nitrogen and oxygen atoms in total. The Balaban J connectivity index is 2.25. The summed E-state index contributed by atoms with van der Waals surface area (Å²) in [6, 6.07) is 5.40. The molecule has 0 atom stereocenters. The molecule has 2 heterocycles. The zero-order valence-electron chi connectivity index (χ0n) is 12.7. The normalized spacial score (nSPS) is 11.4. The quantitative estimate of drug-likeness (QED) is 0.841. The van der Waals surface area contributed by atoms with Gasteiger partial charge in [-0.3, -0.25) is 14.1 Å². The van der Waals surface area contributed by atoms with E-state index in [1.165, 1.54) is 0 Å². The number of rotatable bonds is 7. The first kappa shape index (κ1) is 15.7. The van der Waals surface area contributed by atoms with Crippen molar-refractivity contribution < 1.29 is 5.11 Å². The van der Waals surface area contributed by atoms with Gasteiger partial charge in [-0.15, -0.1) is 0 Å². The SMILES string of the molecule is CCCCN(CCO)Cc1cc(=O)n2cc(C)ccc2n1. The zero-order chi connectivity index (χ0) is 15.2. The molecule has 114 valence electrons. The number of fused-ring (bicyclic) bond motifs is 1. The summed E-state index contributed by atoms with van der Waals surface area (Å²) < 4.78 is 1.57. The summed E-state index contributed by atoms with van der Waals surface area (Å²) in [5.74, 6) is 0. The molecule has 0 spiro atoms. The van der Waals surface area contributed by atoms with E-state index in [0.29, 0.717) is 18.7 Å². The molecule has 0 amide bonds. The summed E-state index contributed by atoms with van der Waals surface area (Å²) in [5.41, 5.74) is 2.40. The molecule has 0 unspecified atom stereocenters. The molecule has 2 aromatic heterocycles. The summed E-state index contributed by atoms with van der Waals surface area (Å²) in [4.78, 5) is 18.8. The van der Waals surface area contributed by atoms with Crippen LogP contribution in [0.1, 0.15) is 31.0 Å². The van der Waals surface area contributed by atoms with E-state index < -0.39 is 0 Å². The predicted molar refractivity (Wildman–Crippen MR) is 83.5 cm³/mol. The number of unbranched alkanes of at least 4 members (excludes halogenated alkanes) is 1. The van der Waals surface area contributed by atoms with Crippen molar-refractivity contribution in [2.45, 2.75) is 33.2 Å². The van der Waals surface area contributed by atoms with Crippen molar-refractivity contribution >= 4 is 5.65 Å². The van der Waals surface area contributed by atoms with Crippen LogP contribution in [0.5, 0.6) is 0 Å². The second-order valence-corrected chi connectivity index (χ2v) is 5.37. The lowest BCUT2D eigenvalue weighted by Gasteiger charge is -2.20. The van der Waals surface area contributed by atoms with Gasteiger partial charge in [-0.2, -0.15) is 0 Å². The number of aliphatic hydroxyl groups excluding tert-OH is 1. The third kappa shape index (κ3) is 4.12. The molecule has 21 heavy (non-hydrogen) atoms. The van der Waals surface area contributed by atoms with Gasteiger partial charge in [0.1, 0.15) is 5.65 Å². The van der Waals surface area contributed by atoms with E-state index >= 15 is 0 Å². The van der Waals surface area contributed by atoms with E-state index in [1.807, 2.05) is 19.1 Å². The maximum Gasteiger partial charge on any atom is 0.258 e. The highest BCUT2D eigenvalue weighted by Crippen LogP contribution is 2.06. The van der Waals surface area contributed by atoms with Gasteiger partial charge in [-0.25, -0.2) is 4.98 Å². The minimum absolute atomic E-state index is 0.0573. The van der Waals surface area contributed by atoms with Crippen LogP contribution in [-0.2, 0) is 6.54 Å². The summed E-state index contributed by atoms with van der Waals surface area (Å²) in [6.07, 6.45) is 3.98. The Morgan fingerprint density at radius 3 is 2.86 bits per heavy atom. The lowest BCUT2D eigenvalue weighted by Crippen LogP contribution is -2.29. The molecule has 0 saturated carbocycles. The highest BCUT2D eigenvalue weighted by Gasteiger charge is 2.08. The van der Waals surface area contributed by atoms with Crippen LogP contribution in [0.2, 0.25) is 0 Å². The second kappa shape index (κ2) is 7.33. The molecule has 0 aromatic carbocycles. The molecule has 0 radical (unpaired) electrons. The fourth-order valence-corrected chi connectivity index (χ4v) is 2.36. The number of aromatic nitrogens is 2. The Hall–Kier alpha value is -1.72. The largest absolute Gasteiger partial charge is 0.395 e. The van der Waals surface area contributed by atoms with E-state index in [-0.39, 0.29) is 12.2 Å². The maximum atomic E-state index is 12.2. The standard InChI is InChI=1S/C16H23N3O2/c1-3-4-7-18(8-9-20)12-14-10-16(21)19-11-13(2)5-6-15(19)17-14/h5-6,10-11,20H,3-4,7-9,12H2,1-2H3. The van der Waals surface area contributed by atoms with Gasteiger partial charge in [0, 0.05) is 25.4 Å². The van der Waals surface area contributed by atoms with Gasteiger partial charge in [0.05, 0.1) is 12.3 Å². The van der Waals surface area contributed by atoms with E-state index in [4.69, 9.17) is 5.11 Å². The lowest BCUT2D eigenvalue weighted by atomic mass is 10.2. The van der Waals surface area contributed by atoms with Crippen LogP contribution in [0.3, 0.4) is 0 Å². The summed E-state index contributed by atoms with van der Waals surface area (Å²) >= 11 is 0. The summed E-state index contributed by atoms with van der Waals surface area (Å²) in [7, 11) is 0. The van der Waals surface area contributed by atoms with Gasteiger partial charge in [-0.05, 0) is 31.5 Å². The number of hydrogen-bond donors (Lipinski definition) is 1. The van der Waals surface area contributed by atoms with Crippen LogP contribution in [0.4, 0.5) is 0 Å². The van der Waals surface area contributed by atoms with E-state index in [1.54, 1.807) is 16.7 Å². The molecule has 0 bridgehead atoms. The topological polar surface area (TPSA) is 57.8 Å². The van der Waals surface area contributed by atoms with Gasteiger partial charge in [-0.1, -0.05) is 19.4 Å². The zero-order valence-corrected chi connectivity index (χ0v) is 12.7. The molecule has 0 saturated heterocycles. The molecule has 1 N–H and O–H groups in total. The van der Waals surface area contributed by atoms with Crippen molar-refractivity contribution in [2.24, 2.45) is 0 Å². The van der Waals surface area contributed by atoms with Crippen molar-refractivity contribution in [2.75, 3.05) is 19.7 Å². The van der Waals surface area contributed by atoms with Crippen molar-refractivity contribution in [3.63, 3.8) is 0 Å². The Morgan fingerprint density at radius 2 is 2.14 bits per heavy atom. The van der Waals surface area contributed by atoms with Crippen LogP contribution in [-0.4, -0.2) is 39.1 Å². The fraction of sp³-hybridized carbons (Fsp3) is 0.500. The highest BCUT2D eigenvalue weighted by molar-refractivity contribution is 5.39. The van der Waals surface area contributed by atoms with Gasteiger partial charge >= 0.3 is 0 Å². The van der Waals surface area contributed by atoms with Gasteiger partial charge < -0.3 is 5.11 Å².